The van der Waals surface area contributed by atoms with Gasteiger partial charge in [0.25, 0.3) is 0 Å². The van der Waals surface area contributed by atoms with Crippen LogP contribution in [0.2, 0.25) is 0 Å². The maximum atomic E-state index is 13.4. The number of sulfonamides is 1. The summed E-state index contributed by atoms with van der Waals surface area (Å²) in [6, 6.07) is 20.3. The monoisotopic (exact) mass is 546 g/mol. The smallest absolute Gasteiger partial charge is 0.238 e. The zero-order valence-corrected chi connectivity index (χ0v) is 21.8. The summed E-state index contributed by atoms with van der Waals surface area (Å²) in [5.41, 5.74) is 3.16. The summed E-state index contributed by atoms with van der Waals surface area (Å²) >= 11 is 1.53. The number of benzene rings is 3. The van der Waals surface area contributed by atoms with E-state index in [0.29, 0.717) is 17.1 Å². The first-order valence-corrected chi connectivity index (χ1v) is 13.7. The normalized spacial score (nSPS) is 11.4. The fourth-order valence-electron chi connectivity index (χ4n) is 3.95. The van der Waals surface area contributed by atoms with E-state index in [4.69, 9.17) is 14.6 Å². The quantitative estimate of drug-likeness (QED) is 0.209. The van der Waals surface area contributed by atoms with Gasteiger partial charge >= 0.3 is 0 Å². The molecule has 192 valence electrons. The van der Waals surface area contributed by atoms with Crippen LogP contribution in [-0.2, 0) is 16.8 Å². The molecule has 0 amide bonds. The van der Waals surface area contributed by atoms with Crippen LogP contribution >= 0.6 is 11.3 Å². The summed E-state index contributed by atoms with van der Waals surface area (Å²) in [7, 11) is -2.32. The first-order valence-electron chi connectivity index (χ1n) is 11.3. The zero-order valence-electron chi connectivity index (χ0n) is 20.2. The Hall–Kier alpha value is -4.32. The van der Waals surface area contributed by atoms with E-state index >= 15 is 0 Å². The fourth-order valence-corrected chi connectivity index (χ4v) is 5.21. The number of carbonyl (C=O) groups excluding carboxylic acids is 1. The number of nitrogens with two attached hydrogens (primary N) is 1. The molecule has 9 nitrogen and oxygen atoms in total. The molecule has 3 aromatic carbocycles. The number of nitrogens with zero attached hydrogens (tertiary/aromatic N) is 3. The minimum Gasteiger partial charge on any atom is -0.496 e. The molecule has 0 spiro atoms. The summed E-state index contributed by atoms with van der Waals surface area (Å²) in [6.07, 6.45) is 0. The number of allylic oxidation sites excluding steroid dienone is 1. The first-order chi connectivity index (χ1) is 18.3. The molecule has 11 heteroatoms. The number of hydrogen-bond acceptors (Lipinski definition) is 8. The van der Waals surface area contributed by atoms with Gasteiger partial charge in [0, 0.05) is 33.2 Å². The van der Waals surface area contributed by atoms with Crippen LogP contribution in [0.1, 0.15) is 15.9 Å². The Labute approximate surface area is 222 Å². The molecule has 0 radical (unpaired) electrons. The summed E-state index contributed by atoms with van der Waals surface area (Å²) in [5.74, 6) is 0.526. The Balaban J connectivity index is 1.54. The number of hydrogen-bond donors (Lipinski definition) is 1. The number of Topliss-reactive ketones (excluding diaryl/α,β-unsaturated/α-hetero) is 1. The topological polar surface area (TPSA) is 126 Å². The maximum Gasteiger partial charge on any atom is 0.238 e. The van der Waals surface area contributed by atoms with Gasteiger partial charge in [0.05, 0.1) is 17.5 Å². The predicted molar refractivity (Wildman–Crippen MR) is 146 cm³/mol. The SMILES string of the molecule is C=C(C(=O)c1ccc(S(N)(=O)=O)cc1)c1cc(-c2cccs2)c(OC)cc1OCn1nnc2ccccc21. The van der Waals surface area contributed by atoms with Crippen LogP contribution in [0.25, 0.3) is 27.0 Å². The highest BCUT2D eigenvalue weighted by Crippen LogP contribution is 2.41. The van der Waals surface area contributed by atoms with E-state index in [9.17, 15) is 13.2 Å². The second-order valence-corrected chi connectivity index (χ2v) is 10.8. The fraction of sp³-hybridized carbons (Fsp3) is 0.0741. The molecule has 0 aliphatic rings. The highest BCUT2D eigenvalue weighted by Gasteiger charge is 2.22. The molecule has 5 rings (SSSR count). The van der Waals surface area contributed by atoms with Crippen molar-refractivity contribution in [2.24, 2.45) is 5.14 Å². The number of aromatic nitrogens is 3. The van der Waals surface area contributed by atoms with Crippen LogP contribution in [0.15, 0.2) is 89.7 Å². The summed E-state index contributed by atoms with van der Waals surface area (Å²) in [4.78, 5) is 14.3. The van der Waals surface area contributed by atoms with E-state index in [0.717, 1.165) is 21.5 Å². The largest absolute Gasteiger partial charge is 0.496 e. The van der Waals surface area contributed by atoms with Crippen molar-refractivity contribution in [2.75, 3.05) is 7.11 Å². The van der Waals surface area contributed by atoms with E-state index in [1.807, 2.05) is 41.8 Å². The molecular weight excluding hydrogens is 524 g/mol. The van der Waals surface area contributed by atoms with Crippen molar-refractivity contribution >= 4 is 43.7 Å². The van der Waals surface area contributed by atoms with Gasteiger partial charge in [0.2, 0.25) is 10.0 Å². The number of ketones is 1. The Kier molecular flexibility index (Phi) is 6.81. The molecule has 2 heterocycles. The van der Waals surface area contributed by atoms with Crippen molar-refractivity contribution in [3.05, 3.63) is 95.9 Å². The minimum absolute atomic E-state index is 0.0273. The molecular formula is C27H22N4O5S2. The molecule has 2 aromatic heterocycles. The van der Waals surface area contributed by atoms with Gasteiger partial charge in [-0.25, -0.2) is 18.2 Å². The van der Waals surface area contributed by atoms with Crippen molar-refractivity contribution in [3.8, 4) is 21.9 Å². The summed E-state index contributed by atoms with van der Waals surface area (Å²) in [5, 5.41) is 15.4. The van der Waals surface area contributed by atoms with Gasteiger partial charge in [-0.2, -0.15) is 0 Å². The van der Waals surface area contributed by atoms with Gasteiger partial charge < -0.3 is 9.47 Å². The molecule has 5 aromatic rings. The van der Waals surface area contributed by atoms with Crippen LogP contribution in [0, 0.1) is 0 Å². The average molecular weight is 547 g/mol. The Morgan fingerprint density at radius 1 is 1.05 bits per heavy atom. The maximum absolute atomic E-state index is 13.4. The lowest BCUT2D eigenvalue weighted by molar-refractivity contribution is 0.105. The van der Waals surface area contributed by atoms with Crippen molar-refractivity contribution in [1.29, 1.82) is 0 Å². The molecule has 0 aliphatic carbocycles. The van der Waals surface area contributed by atoms with Gasteiger partial charge in [-0.3, -0.25) is 4.79 Å². The Morgan fingerprint density at radius 3 is 2.50 bits per heavy atom. The molecule has 0 aliphatic heterocycles. The number of rotatable bonds is 9. The predicted octanol–water partition coefficient (Wildman–Crippen LogP) is 4.75. The van der Waals surface area contributed by atoms with E-state index in [-0.39, 0.29) is 22.8 Å². The number of primary sulfonamides is 1. The van der Waals surface area contributed by atoms with Crippen molar-refractivity contribution in [2.45, 2.75) is 11.6 Å². The average Bonchev–Trinajstić information content (AvgIpc) is 3.61. The van der Waals surface area contributed by atoms with Crippen molar-refractivity contribution in [3.63, 3.8) is 0 Å². The number of carbonyl (C=O) groups is 1. The first kappa shape index (κ1) is 25.3. The van der Waals surface area contributed by atoms with E-state index in [1.54, 1.807) is 23.9 Å². The molecule has 0 saturated carbocycles. The molecule has 0 atom stereocenters. The molecule has 0 fully saturated rings. The highest BCUT2D eigenvalue weighted by molar-refractivity contribution is 7.89. The third-order valence-electron chi connectivity index (χ3n) is 5.90. The Bertz CT molecular complexity index is 1760. The third kappa shape index (κ3) is 4.94. The van der Waals surface area contributed by atoms with Crippen molar-refractivity contribution in [1.82, 2.24) is 15.0 Å². The zero-order chi connectivity index (χ0) is 26.9. The number of methoxy groups -OCH3 is 1. The Morgan fingerprint density at radius 2 is 1.82 bits per heavy atom. The lowest BCUT2D eigenvalue weighted by Crippen LogP contribution is -2.12. The van der Waals surface area contributed by atoms with Crippen LogP contribution < -0.4 is 14.6 Å². The third-order valence-corrected chi connectivity index (χ3v) is 7.73. The van der Waals surface area contributed by atoms with Gasteiger partial charge in [-0.15, -0.1) is 16.4 Å². The van der Waals surface area contributed by atoms with Crippen LogP contribution in [0.5, 0.6) is 11.5 Å². The number of para-hydroxylation sites is 1. The van der Waals surface area contributed by atoms with E-state index in [1.165, 1.54) is 35.6 Å². The van der Waals surface area contributed by atoms with Crippen LogP contribution in [0.3, 0.4) is 0 Å². The second-order valence-electron chi connectivity index (χ2n) is 8.25. The van der Waals surface area contributed by atoms with Gasteiger partial charge in [0.15, 0.2) is 12.5 Å². The number of thiophene rings is 1. The molecule has 0 saturated heterocycles. The van der Waals surface area contributed by atoms with Crippen LogP contribution in [0.4, 0.5) is 0 Å². The van der Waals surface area contributed by atoms with E-state index in [2.05, 4.69) is 16.9 Å². The second kappa shape index (κ2) is 10.2. The van der Waals surface area contributed by atoms with Gasteiger partial charge in [-0.05, 0) is 53.9 Å². The van der Waals surface area contributed by atoms with Crippen molar-refractivity contribution < 1.29 is 22.7 Å². The minimum atomic E-state index is -3.89. The molecule has 38 heavy (non-hydrogen) atoms. The lowest BCUT2D eigenvalue weighted by atomic mass is 9.95. The summed E-state index contributed by atoms with van der Waals surface area (Å²) in [6.45, 7) is 4.09. The van der Waals surface area contributed by atoms with Crippen LogP contribution in [-0.4, -0.2) is 36.3 Å². The highest BCUT2D eigenvalue weighted by atomic mass is 32.2. The van der Waals surface area contributed by atoms with Gasteiger partial charge in [-0.1, -0.05) is 30.0 Å². The molecule has 2 N–H and O–H groups in total. The standard InChI is InChI=1S/C27H22N4O5S2/c1-17(27(32)18-9-11-19(12-10-18)38(28,33)34)20-14-21(26-8-5-13-37-26)24(35-2)15-25(20)36-16-31-23-7-4-3-6-22(23)29-30-31/h3-15H,1,16H2,2H3,(H2,28,33,34). The summed E-state index contributed by atoms with van der Waals surface area (Å²) < 4.78 is 36.6. The molecule has 0 bridgehead atoms. The number of fused-ring (bicyclic) bond motifs is 1. The molecule has 0 unspecified atom stereocenters. The number of ether oxygens (including phenoxy) is 2. The van der Waals surface area contributed by atoms with E-state index < -0.39 is 15.8 Å². The van der Waals surface area contributed by atoms with Gasteiger partial charge in [0.1, 0.15) is 17.0 Å². The lowest BCUT2D eigenvalue weighted by Gasteiger charge is -2.17.